The van der Waals surface area contributed by atoms with Gasteiger partial charge in [0, 0.05) is 0 Å². The lowest BCUT2D eigenvalue weighted by molar-refractivity contribution is -0.276. The Kier molecular flexibility index (Phi) is 10.8. The van der Waals surface area contributed by atoms with Crippen molar-refractivity contribution in [1.82, 2.24) is 0 Å². The summed E-state index contributed by atoms with van der Waals surface area (Å²) in [6, 6.07) is 0. The molecule has 0 saturated heterocycles. The third-order valence-corrected chi connectivity index (χ3v) is 14.5. The van der Waals surface area contributed by atoms with E-state index in [0.29, 0.717) is 0 Å². The van der Waals surface area contributed by atoms with E-state index in [-0.39, 0.29) is 0 Å². The van der Waals surface area contributed by atoms with Crippen molar-refractivity contribution in [1.29, 1.82) is 0 Å². The highest BCUT2D eigenvalue weighted by Crippen LogP contribution is 2.84. The SMILES string of the molecule is FC(F)(F)OP1(F)=NP(F)(F)=NP(F)(F)=NP(F)(OC(F)(F)F)=NP(F)(OC(F)(F)F)=NP(F)(OC(F)(F)F)=N1. The molecule has 0 aromatic rings. The van der Waals surface area contributed by atoms with E-state index in [9.17, 15) is 86.3 Å². The molecular formula is C4F20N6O4P6. The molecule has 10 nitrogen and oxygen atoms in total. The Hall–Kier alpha value is -0.180. The maximum atomic E-state index is 14.8. The number of halogens is 20. The van der Waals surface area contributed by atoms with Crippen LogP contribution in [-0.2, 0) is 18.1 Å². The van der Waals surface area contributed by atoms with E-state index in [1.54, 1.807) is 0 Å². The first-order valence-electron chi connectivity index (χ1n) is 7.57. The maximum Gasteiger partial charge on any atom is 0.530 e. The minimum absolute atomic E-state index is 0.776. The van der Waals surface area contributed by atoms with Crippen LogP contribution in [-0.4, -0.2) is 25.4 Å². The molecule has 0 radical (unpaired) electrons. The molecule has 1 aliphatic heterocycles. The highest BCUT2D eigenvalue weighted by Gasteiger charge is 2.52. The van der Waals surface area contributed by atoms with Crippen LogP contribution in [0.1, 0.15) is 0 Å². The lowest BCUT2D eigenvalue weighted by Crippen LogP contribution is -2.12. The molecule has 0 aromatic heterocycles. The summed E-state index contributed by atoms with van der Waals surface area (Å²) in [6.07, 6.45) is -27.3. The average molecular weight is 762 g/mol. The number of rotatable bonds is 4. The van der Waals surface area contributed by atoms with E-state index in [1.165, 1.54) is 0 Å². The standard InChI is InChI=1S/C4F20N6O4P6/c5-1(6,7)31-37(21)26-35(17,18)25-36(19,20)27-38(22,32-2(8,9)10)29-40(24,34-4(14,15)16)30-39(23,28-37)33-3(11,12)13. The Morgan fingerprint density at radius 3 is 0.750 bits per heavy atom. The van der Waals surface area contributed by atoms with Crippen LogP contribution in [0.15, 0.2) is 27.1 Å². The maximum absolute atomic E-state index is 14.8. The van der Waals surface area contributed by atoms with Crippen molar-refractivity contribution in [3.63, 3.8) is 0 Å². The minimum Gasteiger partial charge on any atom is -0.207 e. The first-order chi connectivity index (χ1) is 17.1. The van der Waals surface area contributed by atoms with Crippen LogP contribution in [0.25, 0.3) is 0 Å². The minimum atomic E-state index is -8.27. The van der Waals surface area contributed by atoms with Crippen molar-refractivity contribution < 1.29 is 104 Å². The molecule has 36 heteroatoms. The Morgan fingerprint density at radius 2 is 0.500 bits per heavy atom. The molecule has 0 bridgehead atoms. The molecule has 40 heavy (non-hydrogen) atoms. The van der Waals surface area contributed by atoms with Gasteiger partial charge in [0.15, 0.2) is 0 Å². The number of nitrogens with zero attached hydrogens (tertiary/aromatic N) is 6. The number of hydrogen-bond acceptors (Lipinski definition) is 10. The monoisotopic (exact) mass is 762 g/mol. The molecule has 0 aromatic carbocycles. The molecule has 240 valence electrons. The smallest absolute Gasteiger partial charge is 0.207 e. The molecular weight excluding hydrogens is 762 g/mol. The van der Waals surface area contributed by atoms with E-state index >= 15 is 0 Å². The Morgan fingerprint density at radius 1 is 0.300 bits per heavy atom. The summed E-state index contributed by atoms with van der Waals surface area (Å²) in [5.41, 5.74) is 0. The molecule has 1 rings (SSSR count). The van der Waals surface area contributed by atoms with E-state index in [2.05, 4.69) is 18.1 Å². The molecule has 0 amide bonds. The van der Waals surface area contributed by atoms with Crippen molar-refractivity contribution in [3.05, 3.63) is 0 Å². The zero-order chi connectivity index (χ0) is 32.1. The van der Waals surface area contributed by atoms with Gasteiger partial charge in [0.25, 0.3) is 0 Å². The van der Waals surface area contributed by atoms with Crippen LogP contribution in [0.5, 0.6) is 0 Å². The first-order valence-corrected chi connectivity index (χ1v) is 16.5. The van der Waals surface area contributed by atoms with Gasteiger partial charge < -0.3 is 0 Å². The third-order valence-electron chi connectivity index (χ3n) is 2.19. The van der Waals surface area contributed by atoms with Gasteiger partial charge in [0.1, 0.15) is 0 Å². The van der Waals surface area contributed by atoms with Crippen molar-refractivity contribution in [2.24, 2.45) is 27.1 Å². The quantitative estimate of drug-likeness (QED) is 0.210. The average Bonchev–Trinajstić information content (AvgIpc) is 2.38. The van der Waals surface area contributed by atoms with Crippen molar-refractivity contribution >= 4 is 46.6 Å². The fraction of sp³-hybridized carbons (Fsp3) is 1.00. The fourth-order valence-corrected chi connectivity index (χ4v) is 13.0. The zero-order valence-corrected chi connectivity index (χ0v) is 21.9. The number of hydrogen-bond donors (Lipinski definition) is 0. The molecule has 4 atom stereocenters. The van der Waals surface area contributed by atoms with Gasteiger partial charge >= 0.3 is 72.1 Å². The van der Waals surface area contributed by atoms with Gasteiger partial charge in [-0.1, -0.05) is 0 Å². The summed E-state index contributed by atoms with van der Waals surface area (Å²) < 4.78 is 278. The molecule has 1 aliphatic rings. The molecule has 1 heterocycles. The molecule has 0 saturated carbocycles. The van der Waals surface area contributed by atoms with E-state index in [1.807, 2.05) is 0 Å². The highest BCUT2D eigenvalue weighted by molar-refractivity contribution is 7.78. The molecule has 0 fully saturated rings. The second-order valence-corrected chi connectivity index (χ2v) is 16.1. The van der Waals surface area contributed by atoms with Crippen molar-refractivity contribution in [2.45, 2.75) is 25.4 Å². The second kappa shape index (κ2) is 11.4. The van der Waals surface area contributed by atoms with Crippen LogP contribution < -0.4 is 0 Å². The van der Waals surface area contributed by atoms with Crippen LogP contribution in [0.4, 0.5) is 86.3 Å². The van der Waals surface area contributed by atoms with Gasteiger partial charge in [0.05, 0.1) is 0 Å². The summed E-state index contributed by atoms with van der Waals surface area (Å²) in [5.74, 6) is 0. The largest absolute Gasteiger partial charge is 0.530 e. The van der Waals surface area contributed by atoms with Gasteiger partial charge in [-0.15, -0.1) is 96.6 Å². The lowest BCUT2D eigenvalue weighted by Gasteiger charge is -2.22. The van der Waals surface area contributed by atoms with Gasteiger partial charge in [0.2, 0.25) is 0 Å². The van der Waals surface area contributed by atoms with Gasteiger partial charge in [-0.05, 0) is 0 Å². The van der Waals surface area contributed by atoms with Crippen molar-refractivity contribution in [2.75, 3.05) is 0 Å². The van der Waals surface area contributed by atoms with Crippen LogP contribution in [0.2, 0.25) is 0 Å². The summed E-state index contributed by atoms with van der Waals surface area (Å²) in [4.78, 5) is 0. The number of alkyl halides is 12. The predicted molar refractivity (Wildman–Crippen MR) is 93.5 cm³/mol. The van der Waals surface area contributed by atoms with Crippen molar-refractivity contribution in [3.8, 4) is 0 Å². The normalized spacial score (nSPS) is 33.9. The van der Waals surface area contributed by atoms with E-state index < -0.39 is 72.1 Å². The Labute approximate surface area is 204 Å². The molecule has 4 unspecified atom stereocenters. The Bertz CT molecular complexity index is 1270. The van der Waals surface area contributed by atoms with Gasteiger partial charge in [-0.3, -0.25) is 0 Å². The third kappa shape index (κ3) is 14.3. The predicted octanol–water partition coefficient (Wildman–Crippen LogP) is 13.6. The lowest BCUT2D eigenvalue weighted by atomic mass is 11.4. The second-order valence-electron chi connectivity index (χ2n) is 5.49. The first kappa shape index (κ1) is 37.8. The van der Waals surface area contributed by atoms with E-state index in [4.69, 9.17) is 0 Å². The highest BCUT2D eigenvalue weighted by atomic mass is 31.3. The van der Waals surface area contributed by atoms with Gasteiger partial charge in [-0.25, -0.2) is 18.1 Å². The van der Waals surface area contributed by atoms with Crippen LogP contribution in [0, 0.1) is 0 Å². The van der Waals surface area contributed by atoms with Crippen LogP contribution >= 0.6 is 46.6 Å². The molecule has 0 spiro atoms. The Balaban J connectivity index is 4.65. The fourth-order valence-electron chi connectivity index (χ4n) is 1.58. The summed E-state index contributed by atoms with van der Waals surface area (Å²) in [5, 5.41) is 0. The zero-order valence-electron chi connectivity index (χ0n) is 16.6. The van der Waals surface area contributed by atoms with Gasteiger partial charge in [-0.2, -0.15) is 16.8 Å². The van der Waals surface area contributed by atoms with E-state index in [0.717, 1.165) is 27.1 Å². The molecule has 0 N–H and O–H groups in total. The molecule has 0 aliphatic carbocycles. The van der Waals surface area contributed by atoms with Crippen LogP contribution in [0.3, 0.4) is 0 Å². The summed E-state index contributed by atoms with van der Waals surface area (Å²) in [6.45, 7) is 0. The summed E-state index contributed by atoms with van der Waals surface area (Å²) >= 11 is 0. The summed E-state index contributed by atoms with van der Waals surface area (Å²) in [7, 11) is -48.8. The topological polar surface area (TPSA) is 111 Å².